The first-order chi connectivity index (χ1) is 10.1. The van der Waals surface area contributed by atoms with Crippen molar-refractivity contribution in [2.45, 2.75) is 25.4 Å². The Balaban J connectivity index is 1.73. The van der Waals surface area contributed by atoms with Gasteiger partial charge in [-0.05, 0) is 37.0 Å². The summed E-state index contributed by atoms with van der Waals surface area (Å²) in [7, 11) is 0. The zero-order chi connectivity index (χ0) is 14.6. The molecule has 21 heavy (non-hydrogen) atoms. The van der Waals surface area contributed by atoms with Crippen LogP contribution in [0.25, 0.3) is 0 Å². The van der Waals surface area contributed by atoms with Crippen LogP contribution in [0.15, 0.2) is 18.2 Å². The summed E-state index contributed by atoms with van der Waals surface area (Å²) in [5.41, 5.74) is 2.88. The summed E-state index contributed by atoms with van der Waals surface area (Å²) >= 11 is 13.9. The molecule has 1 atom stereocenters. The zero-order valence-corrected chi connectivity index (χ0v) is 13.3. The van der Waals surface area contributed by atoms with Crippen LogP contribution in [-0.4, -0.2) is 5.91 Å². The third kappa shape index (κ3) is 2.13. The number of halogens is 2. The minimum absolute atomic E-state index is 0.0147. The average Bonchev–Trinajstić information content (AvgIpc) is 2.98. The molecule has 0 fully saturated rings. The molecule has 0 unspecified atom stereocenters. The van der Waals surface area contributed by atoms with E-state index < -0.39 is 0 Å². The zero-order valence-electron chi connectivity index (χ0n) is 11.0. The van der Waals surface area contributed by atoms with Gasteiger partial charge < -0.3 is 10.6 Å². The molecule has 0 saturated heterocycles. The van der Waals surface area contributed by atoms with Crippen molar-refractivity contribution in [2.75, 3.05) is 5.32 Å². The summed E-state index contributed by atoms with van der Waals surface area (Å²) in [6.07, 6.45) is 2.92. The lowest BCUT2D eigenvalue weighted by Crippen LogP contribution is -2.38. The van der Waals surface area contributed by atoms with Crippen molar-refractivity contribution in [1.29, 1.82) is 0 Å². The predicted octanol–water partition coefficient (Wildman–Crippen LogP) is 4.40. The first kappa shape index (κ1) is 13.4. The minimum Gasteiger partial charge on any atom is -0.353 e. The first-order valence-electron chi connectivity index (χ1n) is 6.80. The smallest absolute Gasteiger partial charge is 0.256 e. The summed E-state index contributed by atoms with van der Waals surface area (Å²) in [6, 6.07) is 5.31. The van der Waals surface area contributed by atoms with Gasteiger partial charge in [0.25, 0.3) is 5.91 Å². The number of carbonyl (C=O) groups excluding carboxylic acids is 1. The van der Waals surface area contributed by atoms with Gasteiger partial charge in [-0.15, -0.1) is 11.3 Å². The number of fused-ring (bicyclic) bond motifs is 3. The molecule has 2 aliphatic rings. The molecule has 0 bridgehead atoms. The van der Waals surface area contributed by atoms with Crippen LogP contribution in [-0.2, 0) is 12.8 Å². The number of anilines is 1. The number of thiophene rings is 1. The fraction of sp³-hybridized carbons (Fsp3) is 0.267. The van der Waals surface area contributed by atoms with E-state index in [0.29, 0.717) is 10.0 Å². The van der Waals surface area contributed by atoms with Gasteiger partial charge in [0.1, 0.15) is 11.2 Å². The topological polar surface area (TPSA) is 41.1 Å². The number of aryl methyl sites for hydroxylation is 1. The standard InChI is InChI=1S/C15H12Cl2N2OS/c16-7-4-5-8(10(17)6-7)13-18-14(20)12-9-2-1-3-11(9)21-15(12)19-13/h4-6,13,19H,1-3H2,(H,18,20)/t13-/m0/s1. The number of nitrogens with one attached hydrogen (secondary N) is 2. The average molecular weight is 339 g/mol. The molecule has 1 aromatic carbocycles. The van der Waals surface area contributed by atoms with Crippen LogP contribution in [0.1, 0.15) is 38.9 Å². The summed E-state index contributed by atoms with van der Waals surface area (Å²) < 4.78 is 0. The van der Waals surface area contributed by atoms with Crippen LogP contribution < -0.4 is 10.6 Å². The lowest BCUT2D eigenvalue weighted by Gasteiger charge is -2.27. The molecule has 4 rings (SSSR count). The molecule has 2 aromatic rings. The van der Waals surface area contributed by atoms with Crippen molar-refractivity contribution in [3.05, 3.63) is 49.8 Å². The monoisotopic (exact) mass is 338 g/mol. The third-order valence-corrected chi connectivity index (χ3v) is 5.76. The molecule has 0 saturated carbocycles. The van der Waals surface area contributed by atoms with E-state index in [1.807, 2.05) is 6.07 Å². The highest BCUT2D eigenvalue weighted by Crippen LogP contribution is 2.42. The fourth-order valence-electron chi connectivity index (χ4n) is 3.01. The van der Waals surface area contributed by atoms with Crippen LogP contribution in [0.2, 0.25) is 10.0 Å². The van der Waals surface area contributed by atoms with E-state index >= 15 is 0 Å². The number of hydrogen-bond donors (Lipinski definition) is 2. The summed E-state index contributed by atoms with van der Waals surface area (Å²) in [5, 5.41) is 8.48. The molecular weight excluding hydrogens is 327 g/mol. The van der Waals surface area contributed by atoms with Gasteiger partial charge in [0.2, 0.25) is 0 Å². The van der Waals surface area contributed by atoms with E-state index in [1.165, 1.54) is 10.4 Å². The Labute approximate surface area is 136 Å². The van der Waals surface area contributed by atoms with E-state index in [2.05, 4.69) is 10.6 Å². The minimum atomic E-state index is -0.312. The van der Waals surface area contributed by atoms with Crippen molar-refractivity contribution < 1.29 is 4.79 Å². The molecule has 2 heterocycles. The second kappa shape index (κ2) is 4.90. The molecule has 0 radical (unpaired) electrons. The van der Waals surface area contributed by atoms with Gasteiger partial charge in [0.05, 0.1) is 5.56 Å². The maximum Gasteiger partial charge on any atom is 0.256 e. The molecular formula is C15H12Cl2N2OS. The number of amides is 1. The third-order valence-electron chi connectivity index (χ3n) is 3.97. The van der Waals surface area contributed by atoms with Crippen molar-refractivity contribution in [2.24, 2.45) is 0 Å². The maximum atomic E-state index is 12.5. The Morgan fingerprint density at radius 2 is 2.05 bits per heavy atom. The molecule has 6 heteroatoms. The quantitative estimate of drug-likeness (QED) is 0.809. The van der Waals surface area contributed by atoms with Gasteiger partial charge >= 0.3 is 0 Å². The van der Waals surface area contributed by atoms with Crippen molar-refractivity contribution in [3.63, 3.8) is 0 Å². The molecule has 1 aliphatic carbocycles. The van der Waals surface area contributed by atoms with E-state index in [9.17, 15) is 4.79 Å². The summed E-state index contributed by atoms with van der Waals surface area (Å²) in [5.74, 6) is -0.0147. The van der Waals surface area contributed by atoms with Gasteiger partial charge in [0, 0.05) is 20.5 Å². The van der Waals surface area contributed by atoms with E-state index in [0.717, 1.165) is 35.4 Å². The molecule has 1 aromatic heterocycles. The molecule has 1 aliphatic heterocycles. The first-order valence-corrected chi connectivity index (χ1v) is 8.37. The normalized spacial score (nSPS) is 19.7. The van der Waals surface area contributed by atoms with E-state index in [1.54, 1.807) is 23.5 Å². The van der Waals surface area contributed by atoms with Crippen LogP contribution in [0, 0.1) is 0 Å². The highest BCUT2D eigenvalue weighted by atomic mass is 35.5. The molecule has 108 valence electrons. The van der Waals surface area contributed by atoms with E-state index in [-0.39, 0.29) is 12.1 Å². The molecule has 1 amide bonds. The van der Waals surface area contributed by atoms with Crippen LogP contribution >= 0.6 is 34.5 Å². The Bertz CT molecular complexity index is 756. The number of hydrogen-bond acceptors (Lipinski definition) is 3. The van der Waals surface area contributed by atoms with Gasteiger partial charge in [-0.25, -0.2) is 0 Å². The molecule has 3 nitrogen and oxygen atoms in total. The van der Waals surface area contributed by atoms with Crippen LogP contribution in [0.3, 0.4) is 0 Å². The lowest BCUT2D eigenvalue weighted by molar-refractivity contribution is 0.0935. The van der Waals surface area contributed by atoms with Gasteiger partial charge in [-0.2, -0.15) is 0 Å². The predicted molar refractivity (Wildman–Crippen MR) is 86.6 cm³/mol. The second-order valence-electron chi connectivity index (χ2n) is 5.28. The number of carbonyl (C=O) groups is 1. The van der Waals surface area contributed by atoms with Crippen molar-refractivity contribution in [1.82, 2.24) is 5.32 Å². The van der Waals surface area contributed by atoms with E-state index in [4.69, 9.17) is 23.2 Å². The Kier molecular flexibility index (Phi) is 3.14. The second-order valence-corrected chi connectivity index (χ2v) is 7.23. The lowest BCUT2D eigenvalue weighted by atomic mass is 10.1. The van der Waals surface area contributed by atoms with Gasteiger partial charge in [0.15, 0.2) is 0 Å². The van der Waals surface area contributed by atoms with Crippen LogP contribution in [0.5, 0.6) is 0 Å². The fourth-order valence-corrected chi connectivity index (χ4v) is 4.84. The summed E-state index contributed by atoms with van der Waals surface area (Å²) in [4.78, 5) is 13.8. The van der Waals surface area contributed by atoms with Gasteiger partial charge in [-0.1, -0.05) is 29.3 Å². The highest BCUT2D eigenvalue weighted by molar-refractivity contribution is 7.16. The van der Waals surface area contributed by atoms with Crippen LogP contribution in [0.4, 0.5) is 5.00 Å². The highest BCUT2D eigenvalue weighted by Gasteiger charge is 2.33. The van der Waals surface area contributed by atoms with Crippen molar-refractivity contribution in [3.8, 4) is 0 Å². The van der Waals surface area contributed by atoms with Crippen molar-refractivity contribution >= 4 is 45.4 Å². The summed E-state index contributed by atoms with van der Waals surface area (Å²) in [6.45, 7) is 0. The molecule has 0 spiro atoms. The number of benzene rings is 1. The van der Waals surface area contributed by atoms with Gasteiger partial charge in [-0.3, -0.25) is 4.79 Å². The maximum absolute atomic E-state index is 12.5. The Hall–Kier alpha value is -1.23. The molecule has 2 N–H and O–H groups in total. The Morgan fingerprint density at radius 1 is 1.19 bits per heavy atom. The largest absolute Gasteiger partial charge is 0.353 e. The SMILES string of the molecule is O=C1N[C@H](c2ccc(Cl)cc2Cl)Nc2sc3c(c21)CCC3. The Morgan fingerprint density at radius 3 is 2.86 bits per heavy atom. The number of rotatable bonds is 1.